The van der Waals surface area contributed by atoms with Crippen molar-refractivity contribution in [3.05, 3.63) is 0 Å². The van der Waals surface area contributed by atoms with Gasteiger partial charge >= 0.3 is 0 Å². The van der Waals surface area contributed by atoms with Gasteiger partial charge in [-0.25, -0.2) is 0 Å². The van der Waals surface area contributed by atoms with E-state index < -0.39 is 0 Å². The van der Waals surface area contributed by atoms with Crippen molar-refractivity contribution in [2.24, 2.45) is 0 Å². The van der Waals surface area contributed by atoms with Crippen molar-refractivity contribution in [2.75, 3.05) is 26.2 Å². The molecule has 22 heavy (non-hydrogen) atoms. The molecule has 0 N–H and O–H groups in total. The van der Waals surface area contributed by atoms with Crippen LogP contribution in [0.2, 0.25) is 0 Å². The van der Waals surface area contributed by atoms with Gasteiger partial charge in [-0.2, -0.15) is 0 Å². The first-order valence-corrected chi connectivity index (χ1v) is 10.7. The number of rotatable bonds is 14. The minimum atomic E-state index is 1.37. The van der Waals surface area contributed by atoms with E-state index in [1.54, 1.807) is 0 Å². The quantitative estimate of drug-likeness (QED) is 0.247. The van der Waals surface area contributed by atoms with Crippen LogP contribution in [-0.2, 0) is 0 Å². The summed E-state index contributed by atoms with van der Waals surface area (Å²) in [7, 11) is 0. The van der Waals surface area contributed by atoms with Gasteiger partial charge in [-0.1, -0.05) is 65.2 Å². The molecule has 1 saturated heterocycles. The van der Waals surface area contributed by atoms with Crippen LogP contribution >= 0.6 is 0 Å². The number of hydrogen-bond donors (Lipinski definition) is 0. The predicted octanol–water partition coefficient (Wildman–Crippen LogP) is 6.71. The van der Waals surface area contributed by atoms with Crippen LogP contribution in [0.15, 0.2) is 0 Å². The Bertz CT molecular complexity index is 212. The van der Waals surface area contributed by atoms with Gasteiger partial charge in [-0.15, -0.1) is 0 Å². The van der Waals surface area contributed by atoms with Crippen molar-refractivity contribution in [3.63, 3.8) is 0 Å². The lowest BCUT2D eigenvalue weighted by molar-refractivity contribution is -0.932. The summed E-state index contributed by atoms with van der Waals surface area (Å²) in [6.45, 7) is 10.6. The van der Waals surface area contributed by atoms with E-state index in [0.29, 0.717) is 0 Å². The van der Waals surface area contributed by atoms with Crippen molar-refractivity contribution in [3.8, 4) is 0 Å². The molecule has 1 aliphatic heterocycles. The first kappa shape index (κ1) is 20.0. The Kier molecular flexibility index (Phi) is 12.2. The number of hydrogen-bond acceptors (Lipinski definition) is 0. The number of likely N-dealkylation sites (tertiary alicyclic amines) is 1. The number of unbranched alkanes of at least 4 members (excludes halogenated alkanes) is 10. The van der Waals surface area contributed by atoms with Crippen LogP contribution in [0.1, 0.15) is 110 Å². The van der Waals surface area contributed by atoms with Crippen LogP contribution in [0, 0.1) is 0 Å². The molecule has 1 fully saturated rings. The highest BCUT2D eigenvalue weighted by atomic mass is 15.3. The molecular weight excluding hydrogens is 266 g/mol. The summed E-state index contributed by atoms with van der Waals surface area (Å²) in [5, 5.41) is 0. The normalized spacial score (nSPS) is 17.7. The van der Waals surface area contributed by atoms with Crippen molar-refractivity contribution in [1.82, 2.24) is 0 Å². The second-order valence-corrected chi connectivity index (χ2v) is 7.83. The summed E-state index contributed by atoms with van der Waals surface area (Å²) in [5.41, 5.74) is 0. The largest absolute Gasteiger partial charge is 0.324 e. The van der Waals surface area contributed by atoms with E-state index in [-0.39, 0.29) is 0 Å². The maximum atomic E-state index is 2.31. The first-order chi connectivity index (χ1) is 10.8. The highest BCUT2D eigenvalue weighted by molar-refractivity contribution is 4.56. The van der Waals surface area contributed by atoms with E-state index >= 15 is 0 Å². The summed E-state index contributed by atoms with van der Waals surface area (Å²) in [6, 6.07) is 0. The zero-order chi connectivity index (χ0) is 15.9. The van der Waals surface area contributed by atoms with Crippen LogP contribution in [0.4, 0.5) is 0 Å². The summed E-state index contributed by atoms with van der Waals surface area (Å²) >= 11 is 0. The van der Waals surface area contributed by atoms with Crippen molar-refractivity contribution < 1.29 is 4.48 Å². The van der Waals surface area contributed by atoms with E-state index in [1.165, 1.54) is 127 Å². The highest BCUT2D eigenvalue weighted by Crippen LogP contribution is 2.22. The van der Waals surface area contributed by atoms with Crippen LogP contribution < -0.4 is 0 Å². The second-order valence-electron chi connectivity index (χ2n) is 7.83. The van der Waals surface area contributed by atoms with Gasteiger partial charge in [0, 0.05) is 0 Å². The van der Waals surface area contributed by atoms with E-state index in [1.807, 2.05) is 0 Å². The Morgan fingerprint density at radius 1 is 0.500 bits per heavy atom. The highest BCUT2D eigenvalue weighted by Gasteiger charge is 2.28. The van der Waals surface area contributed by atoms with E-state index in [4.69, 9.17) is 0 Å². The third-order valence-electron chi connectivity index (χ3n) is 5.74. The molecule has 0 bridgehead atoms. The molecule has 1 aliphatic rings. The molecule has 0 aromatic carbocycles. The Labute approximate surface area is 141 Å². The summed E-state index contributed by atoms with van der Waals surface area (Å²) < 4.78 is 1.49. The molecule has 0 amide bonds. The Hall–Kier alpha value is -0.0400. The SMILES string of the molecule is CCCCCCCC[N+]1(CCCCCCCC)CCCCC1. The Balaban J connectivity index is 2.17. The van der Waals surface area contributed by atoms with Crippen molar-refractivity contribution in [2.45, 2.75) is 110 Å². The number of quaternary nitrogens is 1. The molecule has 0 spiro atoms. The van der Waals surface area contributed by atoms with Gasteiger partial charge < -0.3 is 4.48 Å². The van der Waals surface area contributed by atoms with Crippen LogP contribution in [0.25, 0.3) is 0 Å². The van der Waals surface area contributed by atoms with E-state index in [9.17, 15) is 0 Å². The molecule has 1 nitrogen and oxygen atoms in total. The van der Waals surface area contributed by atoms with Gasteiger partial charge in [0.1, 0.15) is 0 Å². The summed E-state index contributed by atoms with van der Waals surface area (Å²) in [4.78, 5) is 0. The maximum absolute atomic E-state index is 2.31. The van der Waals surface area contributed by atoms with Gasteiger partial charge in [0.15, 0.2) is 0 Å². The smallest absolute Gasteiger partial charge is 0.0786 e. The fraction of sp³-hybridized carbons (Fsp3) is 1.00. The third kappa shape index (κ3) is 9.18. The molecule has 0 aromatic heterocycles. The predicted molar refractivity (Wildman–Crippen MR) is 100 cm³/mol. The van der Waals surface area contributed by atoms with Gasteiger partial charge in [-0.3, -0.25) is 0 Å². The van der Waals surface area contributed by atoms with Crippen LogP contribution in [0.5, 0.6) is 0 Å². The standard InChI is InChI=1S/C21H44N/c1-3-5-7-9-11-14-18-22(20-16-13-17-21-22)19-15-12-10-8-6-4-2/h3-21H2,1-2H3/q+1. The molecule has 0 saturated carbocycles. The van der Waals surface area contributed by atoms with Crippen LogP contribution in [0.3, 0.4) is 0 Å². The topological polar surface area (TPSA) is 0 Å². The lowest BCUT2D eigenvalue weighted by atomic mass is 10.0. The fourth-order valence-corrected chi connectivity index (χ4v) is 4.20. The lowest BCUT2D eigenvalue weighted by Gasteiger charge is -2.42. The monoisotopic (exact) mass is 310 g/mol. The zero-order valence-electron chi connectivity index (χ0n) is 15.9. The molecule has 132 valence electrons. The van der Waals surface area contributed by atoms with Gasteiger partial charge in [0.2, 0.25) is 0 Å². The number of piperidine rings is 1. The molecule has 0 radical (unpaired) electrons. The molecule has 1 rings (SSSR count). The average molecular weight is 311 g/mol. The maximum Gasteiger partial charge on any atom is 0.0786 e. The minimum Gasteiger partial charge on any atom is -0.324 e. The van der Waals surface area contributed by atoms with Crippen molar-refractivity contribution in [1.29, 1.82) is 0 Å². The van der Waals surface area contributed by atoms with E-state index in [2.05, 4.69) is 13.8 Å². The third-order valence-corrected chi connectivity index (χ3v) is 5.74. The molecule has 1 heteroatoms. The average Bonchev–Trinajstić information content (AvgIpc) is 2.55. The first-order valence-electron chi connectivity index (χ1n) is 10.7. The summed E-state index contributed by atoms with van der Waals surface area (Å²) in [6.07, 6.45) is 21.9. The molecule has 1 heterocycles. The molecule has 0 aromatic rings. The molecule has 0 unspecified atom stereocenters. The van der Waals surface area contributed by atoms with Crippen LogP contribution in [-0.4, -0.2) is 30.7 Å². The Morgan fingerprint density at radius 2 is 0.909 bits per heavy atom. The van der Waals surface area contributed by atoms with Gasteiger partial charge in [-0.05, 0) is 44.9 Å². The summed E-state index contributed by atoms with van der Waals surface area (Å²) in [5.74, 6) is 0. The second kappa shape index (κ2) is 13.4. The molecule has 0 aliphatic carbocycles. The zero-order valence-corrected chi connectivity index (χ0v) is 15.9. The van der Waals surface area contributed by atoms with E-state index in [0.717, 1.165) is 0 Å². The minimum absolute atomic E-state index is 1.37. The Morgan fingerprint density at radius 3 is 1.36 bits per heavy atom. The fourth-order valence-electron chi connectivity index (χ4n) is 4.20. The van der Waals surface area contributed by atoms with Gasteiger partial charge in [0.05, 0.1) is 26.2 Å². The lowest BCUT2D eigenvalue weighted by Crippen LogP contribution is -2.52. The van der Waals surface area contributed by atoms with Gasteiger partial charge in [0.25, 0.3) is 0 Å². The van der Waals surface area contributed by atoms with Crippen molar-refractivity contribution >= 4 is 0 Å². The molecule has 0 atom stereocenters. The number of nitrogens with zero attached hydrogens (tertiary/aromatic N) is 1. The molecular formula is C21H44N+.